The van der Waals surface area contributed by atoms with Crippen LogP contribution in [0.2, 0.25) is 10.0 Å². The maximum absolute atomic E-state index is 11.8. The Morgan fingerprint density at radius 3 is 2.06 bits per heavy atom. The smallest absolute Gasteiger partial charge is 0.331 e. The molecule has 0 atom stereocenters. The van der Waals surface area contributed by atoms with Crippen LogP contribution in [0.15, 0.2) is 29.3 Å². The number of hydrogen-bond acceptors (Lipinski definition) is 2. The first kappa shape index (κ1) is 14.5. The van der Waals surface area contributed by atoms with E-state index in [1.807, 2.05) is 0 Å². The van der Waals surface area contributed by atoms with Crippen LogP contribution in [0.5, 0.6) is 0 Å². The molecule has 0 unspecified atom stereocenters. The molecule has 0 radical (unpaired) electrons. The van der Waals surface area contributed by atoms with Gasteiger partial charge in [0, 0.05) is 11.1 Å². The van der Waals surface area contributed by atoms with Gasteiger partial charge in [0.05, 0.1) is 15.7 Å². The monoisotopic (exact) mass is 287 g/mol. The van der Waals surface area contributed by atoms with E-state index in [9.17, 15) is 9.59 Å². The number of rotatable bonds is 3. The molecule has 0 bridgehead atoms. The molecule has 96 valence electrons. The lowest BCUT2D eigenvalue weighted by atomic mass is 10.1. The number of carbonyl (C=O) groups excluding carboxylic acids is 1. The highest BCUT2D eigenvalue weighted by molar-refractivity contribution is 6.40. The highest BCUT2D eigenvalue weighted by Crippen LogP contribution is 2.30. The number of halogens is 2. The van der Waals surface area contributed by atoms with E-state index in [1.165, 1.54) is 13.8 Å². The number of amides is 1. The van der Waals surface area contributed by atoms with Crippen molar-refractivity contribution in [3.05, 3.63) is 39.4 Å². The van der Waals surface area contributed by atoms with Crippen molar-refractivity contribution >= 4 is 40.8 Å². The van der Waals surface area contributed by atoms with Crippen molar-refractivity contribution in [1.29, 1.82) is 0 Å². The van der Waals surface area contributed by atoms with E-state index in [2.05, 4.69) is 5.32 Å². The van der Waals surface area contributed by atoms with E-state index < -0.39 is 11.9 Å². The maximum atomic E-state index is 11.8. The zero-order chi connectivity index (χ0) is 13.9. The summed E-state index contributed by atoms with van der Waals surface area (Å²) in [5, 5.41) is 11.9. The van der Waals surface area contributed by atoms with Gasteiger partial charge in [0.25, 0.3) is 5.91 Å². The topological polar surface area (TPSA) is 66.4 Å². The molecule has 1 aromatic carbocycles. The summed E-state index contributed by atoms with van der Waals surface area (Å²) in [6.07, 6.45) is 0. The van der Waals surface area contributed by atoms with E-state index in [4.69, 9.17) is 28.3 Å². The van der Waals surface area contributed by atoms with Crippen molar-refractivity contribution in [2.45, 2.75) is 13.8 Å². The number of para-hydroxylation sites is 1. The molecule has 4 nitrogen and oxygen atoms in total. The fourth-order valence-electron chi connectivity index (χ4n) is 1.16. The number of aliphatic carboxylic acids is 1. The molecule has 0 heterocycles. The lowest BCUT2D eigenvalue weighted by molar-refractivity contribution is -0.133. The van der Waals surface area contributed by atoms with E-state index >= 15 is 0 Å². The fraction of sp³-hybridized carbons (Fsp3) is 0.167. The lowest BCUT2D eigenvalue weighted by Crippen LogP contribution is -2.16. The first-order valence-electron chi connectivity index (χ1n) is 5.00. The normalized spacial score (nSPS) is 11.8. The summed E-state index contributed by atoms with van der Waals surface area (Å²) in [5.41, 5.74) is 0.331. The summed E-state index contributed by atoms with van der Waals surface area (Å²) in [6, 6.07) is 4.80. The molecule has 18 heavy (non-hydrogen) atoms. The summed E-state index contributed by atoms with van der Waals surface area (Å²) >= 11 is 11.8. The molecule has 1 amide bonds. The molecule has 1 rings (SSSR count). The minimum Gasteiger partial charge on any atom is -0.478 e. The van der Waals surface area contributed by atoms with Crippen molar-refractivity contribution < 1.29 is 14.7 Å². The molecule has 0 saturated heterocycles. The summed E-state index contributed by atoms with van der Waals surface area (Å²) in [7, 11) is 0. The Morgan fingerprint density at radius 1 is 1.11 bits per heavy atom. The van der Waals surface area contributed by atoms with Crippen molar-refractivity contribution in [2.75, 3.05) is 5.32 Å². The molecule has 6 heteroatoms. The third kappa shape index (κ3) is 3.24. The van der Waals surface area contributed by atoms with Crippen molar-refractivity contribution in [1.82, 2.24) is 0 Å². The predicted molar refractivity (Wildman–Crippen MR) is 71.1 cm³/mol. The summed E-state index contributed by atoms with van der Waals surface area (Å²) in [6.45, 7) is 2.77. The quantitative estimate of drug-likeness (QED) is 0.838. The second kappa shape index (κ2) is 5.89. The highest BCUT2D eigenvalue weighted by atomic mass is 35.5. The molecule has 0 aliphatic carbocycles. The minimum atomic E-state index is -1.15. The van der Waals surface area contributed by atoms with Crippen LogP contribution in [0.3, 0.4) is 0 Å². The first-order chi connectivity index (χ1) is 8.34. The van der Waals surface area contributed by atoms with Gasteiger partial charge in [0.2, 0.25) is 0 Å². The molecule has 0 spiro atoms. The van der Waals surface area contributed by atoms with Gasteiger partial charge in [0.1, 0.15) is 0 Å². The second-order valence-corrected chi connectivity index (χ2v) is 4.42. The number of nitrogens with one attached hydrogen (secondary N) is 1. The van der Waals surface area contributed by atoms with Crippen molar-refractivity contribution in [2.24, 2.45) is 0 Å². The molecule has 0 aliphatic rings. The van der Waals surface area contributed by atoms with E-state index in [-0.39, 0.29) is 26.9 Å². The summed E-state index contributed by atoms with van der Waals surface area (Å²) < 4.78 is 0. The molecule has 0 saturated carbocycles. The van der Waals surface area contributed by atoms with Crippen LogP contribution in [-0.2, 0) is 9.59 Å². The van der Waals surface area contributed by atoms with Crippen LogP contribution in [0.25, 0.3) is 0 Å². The SMILES string of the molecule is CC(C(=O)O)=C(C)C(=O)Nc1c(Cl)cccc1Cl. The van der Waals surface area contributed by atoms with Crippen LogP contribution in [0.1, 0.15) is 13.8 Å². The van der Waals surface area contributed by atoms with E-state index in [1.54, 1.807) is 18.2 Å². The van der Waals surface area contributed by atoms with Crippen LogP contribution < -0.4 is 5.32 Å². The van der Waals surface area contributed by atoms with Gasteiger partial charge in [-0.2, -0.15) is 0 Å². The van der Waals surface area contributed by atoms with Gasteiger partial charge < -0.3 is 10.4 Å². The Kier molecular flexibility index (Phi) is 4.76. The first-order valence-corrected chi connectivity index (χ1v) is 5.76. The number of benzene rings is 1. The second-order valence-electron chi connectivity index (χ2n) is 3.61. The molecule has 2 N–H and O–H groups in total. The number of anilines is 1. The van der Waals surface area contributed by atoms with Gasteiger partial charge in [-0.25, -0.2) is 4.79 Å². The minimum absolute atomic E-state index is 0.0318. The molecule has 0 aromatic heterocycles. The highest BCUT2D eigenvalue weighted by Gasteiger charge is 2.15. The zero-order valence-electron chi connectivity index (χ0n) is 9.75. The van der Waals surface area contributed by atoms with Crippen molar-refractivity contribution in [3.63, 3.8) is 0 Å². The van der Waals surface area contributed by atoms with Gasteiger partial charge in [-0.05, 0) is 26.0 Å². The number of carbonyl (C=O) groups is 2. The molecule has 1 aromatic rings. The predicted octanol–water partition coefficient (Wildman–Crippen LogP) is 3.35. The standard InChI is InChI=1S/C12H11Cl2NO3/c1-6(7(2)12(17)18)11(16)15-10-8(13)4-3-5-9(10)14/h3-5H,1-2H3,(H,15,16)(H,17,18). The Labute approximate surface area is 114 Å². The summed E-state index contributed by atoms with van der Waals surface area (Å²) in [4.78, 5) is 22.6. The Balaban J connectivity index is 3.03. The Bertz CT molecular complexity index is 518. The van der Waals surface area contributed by atoms with Gasteiger partial charge >= 0.3 is 5.97 Å². The van der Waals surface area contributed by atoms with Crippen LogP contribution in [0, 0.1) is 0 Å². The summed E-state index contributed by atoms with van der Waals surface area (Å²) in [5.74, 6) is -1.70. The fourth-order valence-corrected chi connectivity index (χ4v) is 1.65. The van der Waals surface area contributed by atoms with Crippen molar-refractivity contribution in [3.8, 4) is 0 Å². The van der Waals surface area contributed by atoms with Gasteiger partial charge in [-0.1, -0.05) is 29.3 Å². The third-order valence-electron chi connectivity index (χ3n) is 2.43. The Morgan fingerprint density at radius 2 is 1.61 bits per heavy atom. The number of hydrogen-bond donors (Lipinski definition) is 2. The van der Waals surface area contributed by atoms with Crippen LogP contribution in [-0.4, -0.2) is 17.0 Å². The average molecular weight is 288 g/mol. The zero-order valence-corrected chi connectivity index (χ0v) is 11.3. The molecule has 0 aliphatic heterocycles. The lowest BCUT2D eigenvalue weighted by Gasteiger charge is -2.10. The van der Waals surface area contributed by atoms with E-state index in [0.29, 0.717) is 0 Å². The third-order valence-corrected chi connectivity index (χ3v) is 3.06. The van der Waals surface area contributed by atoms with Gasteiger partial charge in [0.15, 0.2) is 0 Å². The number of carboxylic acids is 1. The van der Waals surface area contributed by atoms with Gasteiger partial charge in [-0.3, -0.25) is 4.79 Å². The average Bonchev–Trinajstić information content (AvgIpc) is 2.31. The van der Waals surface area contributed by atoms with Crippen LogP contribution in [0.4, 0.5) is 5.69 Å². The largest absolute Gasteiger partial charge is 0.478 e. The Hall–Kier alpha value is -1.52. The van der Waals surface area contributed by atoms with Crippen LogP contribution >= 0.6 is 23.2 Å². The maximum Gasteiger partial charge on any atom is 0.331 e. The van der Waals surface area contributed by atoms with Gasteiger partial charge in [-0.15, -0.1) is 0 Å². The van der Waals surface area contributed by atoms with E-state index in [0.717, 1.165) is 0 Å². The molecular weight excluding hydrogens is 277 g/mol. The molecule has 0 fully saturated rings. The molecular formula is C12H11Cl2NO3. The number of carboxylic acid groups (broad SMARTS) is 1.